The molecule has 1 amide bonds. The maximum Gasteiger partial charge on any atom is 1.00 e. The topological polar surface area (TPSA) is 167 Å². The van der Waals surface area contributed by atoms with Crippen LogP contribution in [0.15, 0.2) is 87.9 Å². The van der Waals surface area contributed by atoms with Crippen LogP contribution in [0.3, 0.4) is 0 Å². The summed E-state index contributed by atoms with van der Waals surface area (Å²) in [5.74, 6) is -0.825. The maximum absolute atomic E-state index is 13.1. The zero-order valence-corrected chi connectivity index (χ0v) is 22.1. The third-order valence-electron chi connectivity index (χ3n) is 5.08. The average molecular weight is 514 g/mol. The van der Waals surface area contributed by atoms with Crippen LogP contribution in [0.1, 0.15) is 10.4 Å². The molecule has 4 rings (SSSR count). The number of fused-ring (bicyclic) bond motifs is 1. The van der Waals surface area contributed by atoms with Crippen molar-refractivity contribution in [2.24, 2.45) is 10.2 Å². The number of hydrogen-bond donors (Lipinski definition) is 3. The molecule has 4 aromatic rings. The number of nitrogen functional groups attached to an aromatic ring is 1. The summed E-state index contributed by atoms with van der Waals surface area (Å²) in [7, 11) is -3.41. The monoisotopic (exact) mass is 514 g/mol. The van der Waals surface area contributed by atoms with Crippen LogP contribution in [-0.4, -0.2) is 26.0 Å². The van der Waals surface area contributed by atoms with Crippen LogP contribution in [0, 0.1) is 0 Å². The fourth-order valence-electron chi connectivity index (χ4n) is 3.36. The van der Waals surface area contributed by atoms with E-state index in [2.05, 4.69) is 15.5 Å². The molecule has 0 fully saturated rings. The number of carbonyl (C=O) groups excluding carboxylic acids is 1. The fraction of sp³-hybridized carbons (Fsp3) is 0.0417. The Morgan fingerprint density at radius 1 is 1.03 bits per heavy atom. The Morgan fingerprint density at radius 2 is 1.72 bits per heavy atom. The molecule has 36 heavy (non-hydrogen) atoms. The molecule has 10 nitrogen and oxygen atoms in total. The molecule has 178 valence electrons. The van der Waals surface area contributed by atoms with Crippen LogP contribution in [-0.2, 0) is 10.1 Å². The van der Waals surface area contributed by atoms with Gasteiger partial charge < -0.3 is 20.9 Å². The summed E-state index contributed by atoms with van der Waals surface area (Å²) in [5.41, 5.74) is 6.52. The van der Waals surface area contributed by atoms with Crippen molar-refractivity contribution < 1.29 is 57.2 Å². The molecule has 0 unspecified atom stereocenters. The van der Waals surface area contributed by atoms with Crippen molar-refractivity contribution in [3.05, 3.63) is 78.4 Å². The number of ether oxygens (including phenoxy) is 1. The molecule has 0 saturated carbocycles. The zero-order valence-electron chi connectivity index (χ0n) is 19.3. The van der Waals surface area contributed by atoms with Gasteiger partial charge in [-0.25, -0.2) is 0 Å². The first-order valence-corrected chi connectivity index (χ1v) is 11.6. The number of azo groups is 1. The number of rotatable bonds is 6. The van der Waals surface area contributed by atoms with Gasteiger partial charge in [0, 0.05) is 16.9 Å². The van der Waals surface area contributed by atoms with Crippen LogP contribution < -0.4 is 50.5 Å². The molecule has 0 atom stereocenters. The van der Waals surface area contributed by atoms with Gasteiger partial charge in [-0.15, -0.1) is 10.2 Å². The molecule has 0 saturated heterocycles. The Hall–Kier alpha value is -3.48. The van der Waals surface area contributed by atoms with Crippen molar-refractivity contribution in [1.29, 1.82) is 0 Å². The SMILES string of the molecule is COc1ccccc1N=Nc1c(S(=O)(=O)O)cc2cc(NC(=O)c3ccc(N)cc3)ccc2c1[O-].[Na+]. The number of benzene rings is 4. The number of nitrogens with zero attached hydrogens (tertiary/aromatic N) is 2. The van der Waals surface area contributed by atoms with Gasteiger partial charge in [0.15, 0.2) is 0 Å². The van der Waals surface area contributed by atoms with E-state index in [0.717, 1.165) is 6.07 Å². The number of hydrogen-bond acceptors (Lipinski definition) is 8. The predicted octanol–water partition coefficient (Wildman–Crippen LogP) is 1.42. The molecule has 0 bridgehead atoms. The number of anilines is 2. The first-order chi connectivity index (χ1) is 16.7. The van der Waals surface area contributed by atoms with Gasteiger partial charge in [-0.3, -0.25) is 9.35 Å². The zero-order chi connectivity index (χ0) is 25.2. The van der Waals surface area contributed by atoms with Gasteiger partial charge in [-0.1, -0.05) is 23.9 Å². The molecule has 0 spiro atoms. The van der Waals surface area contributed by atoms with Gasteiger partial charge in [0.2, 0.25) is 0 Å². The Balaban J connectivity index is 0.00000361. The largest absolute Gasteiger partial charge is 1.00 e. The first kappa shape index (κ1) is 27.1. The van der Waals surface area contributed by atoms with Crippen molar-refractivity contribution in [2.75, 3.05) is 18.2 Å². The van der Waals surface area contributed by atoms with E-state index in [1.165, 1.54) is 25.3 Å². The molecule has 0 aliphatic rings. The maximum atomic E-state index is 13.1. The Morgan fingerprint density at radius 3 is 2.39 bits per heavy atom. The van der Waals surface area contributed by atoms with E-state index >= 15 is 0 Å². The van der Waals surface area contributed by atoms with Crippen molar-refractivity contribution in [3.8, 4) is 11.5 Å². The second-order valence-corrected chi connectivity index (χ2v) is 8.80. The molecule has 12 heteroatoms. The minimum absolute atomic E-state index is 0. The van der Waals surface area contributed by atoms with Crippen molar-refractivity contribution in [3.63, 3.8) is 0 Å². The second kappa shape index (κ2) is 11.1. The van der Waals surface area contributed by atoms with E-state index < -0.39 is 32.4 Å². The van der Waals surface area contributed by atoms with Crippen LogP contribution in [0.25, 0.3) is 10.8 Å². The van der Waals surface area contributed by atoms with E-state index in [-0.39, 0.29) is 46.0 Å². The van der Waals surface area contributed by atoms with Gasteiger partial charge in [0.25, 0.3) is 16.0 Å². The number of methoxy groups -OCH3 is 1. The fourth-order valence-corrected chi connectivity index (χ4v) is 4.01. The molecule has 4 N–H and O–H groups in total. The van der Waals surface area contributed by atoms with Gasteiger partial charge in [0.1, 0.15) is 16.3 Å². The van der Waals surface area contributed by atoms with E-state index in [0.29, 0.717) is 22.7 Å². The first-order valence-electron chi connectivity index (χ1n) is 10.1. The minimum atomic E-state index is -4.83. The van der Waals surface area contributed by atoms with E-state index in [9.17, 15) is 22.9 Å². The van der Waals surface area contributed by atoms with Crippen LogP contribution >= 0.6 is 0 Å². The third kappa shape index (κ3) is 5.83. The number of nitrogens with one attached hydrogen (secondary N) is 1. The summed E-state index contributed by atoms with van der Waals surface area (Å²) in [6, 6.07) is 18.3. The molecule has 4 aromatic carbocycles. The number of para-hydroxylation sites is 1. The van der Waals surface area contributed by atoms with Gasteiger partial charge in [0.05, 0.1) is 12.8 Å². The molecular weight excluding hydrogens is 495 g/mol. The number of nitrogens with two attached hydrogens (primary N) is 1. The molecular formula is C24H19N4NaO6S. The normalized spacial score (nSPS) is 11.3. The quantitative estimate of drug-likeness (QED) is 0.151. The Labute approximate surface area is 228 Å². The van der Waals surface area contributed by atoms with E-state index in [4.69, 9.17) is 10.5 Å². The molecule has 0 aromatic heterocycles. The number of carbonyl (C=O) groups is 1. The van der Waals surface area contributed by atoms with Gasteiger partial charge in [-0.2, -0.15) is 8.42 Å². The molecule has 0 heterocycles. The minimum Gasteiger partial charge on any atom is -0.871 e. The molecule has 0 radical (unpaired) electrons. The van der Waals surface area contributed by atoms with Crippen LogP contribution in [0.5, 0.6) is 11.5 Å². The summed E-state index contributed by atoms with van der Waals surface area (Å²) in [5, 5.41) is 23.8. The van der Waals surface area contributed by atoms with Crippen molar-refractivity contribution >= 4 is 49.5 Å². The van der Waals surface area contributed by atoms with Crippen LogP contribution in [0.4, 0.5) is 22.7 Å². The van der Waals surface area contributed by atoms with Gasteiger partial charge >= 0.3 is 29.6 Å². The number of amides is 1. The standard InChI is InChI=1S/C24H20N4O6S.Na/c1-34-20-5-3-2-4-19(20)27-28-22-21(35(31,32)33)13-15-12-17(10-11-18(15)23(22)29)26-24(30)14-6-8-16(25)9-7-14;/h2-13,29H,25H2,1H3,(H,26,30)(H,31,32,33);/q;+1/p-1. The summed E-state index contributed by atoms with van der Waals surface area (Å²) >= 11 is 0. The second-order valence-electron chi connectivity index (χ2n) is 7.41. The Kier molecular flexibility index (Phi) is 8.33. The molecule has 0 aliphatic heterocycles. The third-order valence-corrected chi connectivity index (χ3v) is 5.95. The smallest absolute Gasteiger partial charge is 0.871 e. The van der Waals surface area contributed by atoms with Gasteiger partial charge in [-0.05, 0) is 65.4 Å². The van der Waals surface area contributed by atoms with Crippen LogP contribution in [0.2, 0.25) is 0 Å². The Bertz CT molecular complexity index is 1570. The summed E-state index contributed by atoms with van der Waals surface area (Å²) in [6.07, 6.45) is 0. The van der Waals surface area contributed by atoms with E-state index in [1.54, 1.807) is 48.5 Å². The summed E-state index contributed by atoms with van der Waals surface area (Å²) in [6.45, 7) is 0. The predicted molar refractivity (Wildman–Crippen MR) is 129 cm³/mol. The van der Waals surface area contributed by atoms with Crippen molar-refractivity contribution in [2.45, 2.75) is 4.90 Å². The molecule has 0 aliphatic carbocycles. The summed E-state index contributed by atoms with van der Waals surface area (Å²) in [4.78, 5) is 11.8. The average Bonchev–Trinajstić information content (AvgIpc) is 2.83. The summed E-state index contributed by atoms with van der Waals surface area (Å²) < 4.78 is 39.1. The van der Waals surface area contributed by atoms with Crippen molar-refractivity contribution in [1.82, 2.24) is 0 Å². The van der Waals surface area contributed by atoms with E-state index in [1.807, 2.05) is 0 Å².